The van der Waals surface area contributed by atoms with E-state index >= 15 is 0 Å². The molecular weight excluding hydrogens is 370 g/mol. The largest absolute Gasteiger partial charge is 0.322 e. The van der Waals surface area contributed by atoms with Gasteiger partial charge in [-0.3, -0.25) is 4.79 Å². The topological polar surface area (TPSA) is 29.1 Å². The van der Waals surface area contributed by atoms with E-state index in [0.717, 1.165) is 20.2 Å². The zero-order chi connectivity index (χ0) is 14.0. The van der Waals surface area contributed by atoms with Crippen molar-refractivity contribution in [1.82, 2.24) is 0 Å². The summed E-state index contributed by atoms with van der Waals surface area (Å²) in [5.41, 5.74) is 3.79. The van der Waals surface area contributed by atoms with Crippen LogP contribution in [0.2, 0.25) is 0 Å². The number of amides is 1. The molecule has 0 heterocycles. The molecule has 0 aromatic heterocycles. The molecule has 0 saturated heterocycles. The Balaban J connectivity index is 2.22. The number of rotatable bonds is 2. The fourth-order valence-corrected chi connectivity index (χ4v) is 3.00. The summed E-state index contributed by atoms with van der Waals surface area (Å²) in [6.45, 7) is 4.08. The number of nitrogens with one attached hydrogen (secondary N) is 1. The molecule has 98 valence electrons. The second-order valence-electron chi connectivity index (χ2n) is 4.41. The van der Waals surface area contributed by atoms with Gasteiger partial charge in [-0.1, -0.05) is 37.9 Å². The Labute approximate surface area is 129 Å². The third-order valence-electron chi connectivity index (χ3n) is 2.89. The molecule has 2 aromatic rings. The molecule has 1 N–H and O–H groups in total. The SMILES string of the molecule is Cc1ccc(NC(=O)c2cc(Br)cc(Br)c2)cc1C. The number of halogens is 2. The van der Waals surface area contributed by atoms with E-state index in [1.165, 1.54) is 5.56 Å². The summed E-state index contributed by atoms with van der Waals surface area (Å²) in [4.78, 5) is 12.2. The molecular formula is C15H13Br2NO. The highest BCUT2D eigenvalue weighted by molar-refractivity contribution is 9.11. The summed E-state index contributed by atoms with van der Waals surface area (Å²) in [6.07, 6.45) is 0. The monoisotopic (exact) mass is 381 g/mol. The molecule has 0 bridgehead atoms. The molecule has 0 spiro atoms. The van der Waals surface area contributed by atoms with Crippen molar-refractivity contribution in [3.05, 3.63) is 62.0 Å². The highest BCUT2D eigenvalue weighted by atomic mass is 79.9. The van der Waals surface area contributed by atoms with Crippen LogP contribution < -0.4 is 5.32 Å². The maximum Gasteiger partial charge on any atom is 0.255 e. The van der Waals surface area contributed by atoms with E-state index in [-0.39, 0.29) is 5.91 Å². The second kappa shape index (κ2) is 5.88. The Morgan fingerprint density at radius 3 is 2.16 bits per heavy atom. The molecule has 2 rings (SSSR count). The predicted octanol–water partition coefficient (Wildman–Crippen LogP) is 5.08. The van der Waals surface area contributed by atoms with E-state index in [1.54, 1.807) is 12.1 Å². The smallest absolute Gasteiger partial charge is 0.255 e. The number of aryl methyl sites for hydroxylation is 2. The van der Waals surface area contributed by atoms with Crippen molar-refractivity contribution in [1.29, 1.82) is 0 Å². The fourth-order valence-electron chi connectivity index (χ4n) is 1.71. The molecule has 1 amide bonds. The third kappa shape index (κ3) is 3.67. The third-order valence-corrected chi connectivity index (χ3v) is 3.81. The standard InChI is InChI=1S/C15H13Br2NO/c1-9-3-4-14(5-10(9)2)18-15(19)11-6-12(16)8-13(17)7-11/h3-8H,1-2H3,(H,18,19). The average Bonchev–Trinajstić information content (AvgIpc) is 2.32. The highest BCUT2D eigenvalue weighted by Gasteiger charge is 2.08. The first-order chi connectivity index (χ1) is 8.95. The first-order valence-corrected chi connectivity index (χ1v) is 7.39. The Morgan fingerprint density at radius 1 is 0.947 bits per heavy atom. The van der Waals surface area contributed by atoms with Gasteiger partial charge < -0.3 is 5.32 Å². The minimum absolute atomic E-state index is 0.120. The lowest BCUT2D eigenvalue weighted by molar-refractivity contribution is 0.102. The quantitative estimate of drug-likeness (QED) is 0.770. The van der Waals surface area contributed by atoms with Crippen LogP contribution in [0.5, 0.6) is 0 Å². The van der Waals surface area contributed by atoms with Crippen LogP contribution in [0.1, 0.15) is 21.5 Å². The van der Waals surface area contributed by atoms with Crippen molar-refractivity contribution in [2.45, 2.75) is 13.8 Å². The molecule has 4 heteroatoms. The molecule has 0 fully saturated rings. The zero-order valence-electron chi connectivity index (χ0n) is 10.6. The molecule has 0 aliphatic carbocycles. The summed E-state index contributed by atoms with van der Waals surface area (Å²) >= 11 is 6.76. The lowest BCUT2D eigenvalue weighted by Crippen LogP contribution is -2.12. The summed E-state index contributed by atoms with van der Waals surface area (Å²) in [7, 11) is 0. The van der Waals surface area contributed by atoms with Crippen LogP contribution in [0.15, 0.2) is 45.3 Å². The van der Waals surface area contributed by atoms with Crippen molar-refractivity contribution >= 4 is 43.5 Å². The first kappa shape index (κ1) is 14.3. The van der Waals surface area contributed by atoms with Crippen LogP contribution in [-0.2, 0) is 0 Å². The molecule has 0 saturated carbocycles. The van der Waals surface area contributed by atoms with E-state index in [4.69, 9.17) is 0 Å². The minimum atomic E-state index is -0.120. The van der Waals surface area contributed by atoms with E-state index in [0.29, 0.717) is 5.56 Å². The summed E-state index contributed by atoms with van der Waals surface area (Å²) in [5, 5.41) is 2.90. The fraction of sp³-hybridized carbons (Fsp3) is 0.133. The van der Waals surface area contributed by atoms with Crippen molar-refractivity contribution in [3.8, 4) is 0 Å². The normalized spacial score (nSPS) is 10.3. The first-order valence-electron chi connectivity index (χ1n) is 5.80. The highest BCUT2D eigenvalue weighted by Crippen LogP contribution is 2.21. The Bertz CT molecular complexity index is 618. The van der Waals surface area contributed by atoms with Gasteiger partial charge in [-0.25, -0.2) is 0 Å². The average molecular weight is 383 g/mol. The van der Waals surface area contributed by atoms with Crippen molar-refractivity contribution < 1.29 is 4.79 Å². The van der Waals surface area contributed by atoms with Gasteiger partial charge in [0, 0.05) is 20.2 Å². The molecule has 0 radical (unpaired) electrons. The zero-order valence-corrected chi connectivity index (χ0v) is 13.8. The van der Waals surface area contributed by atoms with Gasteiger partial charge in [-0.05, 0) is 55.3 Å². The van der Waals surface area contributed by atoms with Gasteiger partial charge in [0.05, 0.1) is 0 Å². The van der Waals surface area contributed by atoms with Gasteiger partial charge in [-0.2, -0.15) is 0 Å². The van der Waals surface area contributed by atoms with Gasteiger partial charge in [0.2, 0.25) is 0 Å². The van der Waals surface area contributed by atoms with E-state index in [2.05, 4.69) is 37.2 Å². The molecule has 0 atom stereocenters. The number of anilines is 1. The lowest BCUT2D eigenvalue weighted by Gasteiger charge is -2.08. The number of carbonyl (C=O) groups excluding carboxylic acids is 1. The van der Waals surface area contributed by atoms with E-state index in [9.17, 15) is 4.79 Å². The van der Waals surface area contributed by atoms with Crippen molar-refractivity contribution in [3.63, 3.8) is 0 Å². The summed E-state index contributed by atoms with van der Waals surface area (Å²) in [5.74, 6) is -0.120. The van der Waals surface area contributed by atoms with Crippen LogP contribution >= 0.6 is 31.9 Å². The number of benzene rings is 2. The summed E-state index contributed by atoms with van der Waals surface area (Å²) in [6, 6.07) is 11.4. The van der Waals surface area contributed by atoms with Gasteiger partial charge in [0.15, 0.2) is 0 Å². The van der Waals surface area contributed by atoms with Gasteiger partial charge >= 0.3 is 0 Å². The molecule has 0 unspecified atom stereocenters. The Morgan fingerprint density at radius 2 is 1.58 bits per heavy atom. The van der Waals surface area contributed by atoms with E-state index in [1.807, 2.05) is 38.1 Å². The van der Waals surface area contributed by atoms with Crippen molar-refractivity contribution in [2.75, 3.05) is 5.32 Å². The molecule has 2 aromatic carbocycles. The predicted molar refractivity (Wildman–Crippen MR) is 85.7 cm³/mol. The number of hydrogen-bond donors (Lipinski definition) is 1. The Kier molecular flexibility index (Phi) is 4.42. The van der Waals surface area contributed by atoms with Gasteiger partial charge in [0.1, 0.15) is 0 Å². The van der Waals surface area contributed by atoms with Gasteiger partial charge in [0.25, 0.3) is 5.91 Å². The van der Waals surface area contributed by atoms with E-state index < -0.39 is 0 Å². The molecule has 2 nitrogen and oxygen atoms in total. The maximum absolute atomic E-state index is 12.2. The Hall–Kier alpha value is -1.13. The maximum atomic E-state index is 12.2. The lowest BCUT2D eigenvalue weighted by atomic mass is 10.1. The number of carbonyl (C=O) groups is 1. The molecule has 19 heavy (non-hydrogen) atoms. The van der Waals surface area contributed by atoms with Crippen LogP contribution in [0.4, 0.5) is 5.69 Å². The minimum Gasteiger partial charge on any atom is -0.322 e. The van der Waals surface area contributed by atoms with Gasteiger partial charge in [-0.15, -0.1) is 0 Å². The van der Waals surface area contributed by atoms with Crippen LogP contribution in [0.3, 0.4) is 0 Å². The van der Waals surface area contributed by atoms with Crippen LogP contribution in [0.25, 0.3) is 0 Å². The van der Waals surface area contributed by atoms with Crippen LogP contribution in [-0.4, -0.2) is 5.91 Å². The van der Waals surface area contributed by atoms with Crippen molar-refractivity contribution in [2.24, 2.45) is 0 Å². The number of hydrogen-bond acceptors (Lipinski definition) is 1. The molecule has 0 aliphatic heterocycles. The van der Waals surface area contributed by atoms with Crippen LogP contribution in [0, 0.1) is 13.8 Å². The second-order valence-corrected chi connectivity index (χ2v) is 6.24. The summed E-state index contributed by atoms with van der Waals surface area (Å²) < 4.78 is 1.74. The molecule has 0 aliphatic rings.